The van der Waals surface area contributed by atoms with Crippen LogP contribution in [-0.4, -0.2) is 26.4 Å². The highest BCUT2D eigenvalue weighted by atomic mass is 32.2. The highest BCUT2D eigenvalue weighted by Crippen LogP contribution is 2.17. The van der Waals surface area contributed by atoms with Crippen LogP contribution >= 0.6 is 11.8 Å². The van der Waals surface area contributed by atoms with E-state index in [1.807, 2.05) is 36.4 Å². The van der Waals surface area contributed by atoms with Gasteiger partial charge in [0.1, 0.15) is 5.82 Å². The van der Waals surface area contributed by atoms with Crippen molar-refractivity contribution in [1.82, 2.24) is 9.55 Å². The molecule has 1 aromatic heterocycles. The fourth-order valence-electron chi connectivity index (χ4n) is 2.35. The first-order chi connectivity index (χ1) is 11.2. The lowest BCUT2D eigenvalue weighted by Crippen LogP contribution is -2.23. The Morgan fingerprint density at radius 1 is 1.09 bits per heavy atom. The molecule has 6 heteroatoms. The molecule has 0 fully saturated rings. The molecule has 1 heterocycles. The second-order valence-electron chi connectivity index (χ2n) is 4.91. The fraction of sp³-hybridized carbons (Fsp3) is 0.118. The second-order valence-corrected chi connectivity index (χ2v) is 5.89. The number of carboxylic acids is 1. The van der Waals surface area contributed by atoms with E-state index in [-0.39, 0.29) is 11.3 Å². The Balaban J connectivity index is 2.15. The summed E-state index contributed by atoms with van der Waals surface area (Å²) in [6.45, 7) is 0. The molecule has 0 radical (unpaired) electrons. The maximum Gasteiger partial charge on any atom is 0.313 e. The molecule has 1 N–H and O–H groups in total. The van der Waals surface area contributed by atoms with Gasteiger partial charge in [0.15, 0.2) is 0 Å². The third-order valence-electron chi connectivity index (χ3n) is 3.32. The lowest BCUT2D eigenvalue weighted by molar-refractivity contribution is -0.133. The first-order valence-corrected chi connectivity index (χ1v) is 8.18. The second kappa shape index (κ2) is 6.66. The Hall–Kier alpha value is -2.60. The number of aliphatic carboxylic acids is 1. The minimum atomic E-state index is -0.885. The predicted octanol–water partition coefficient (Wildman–Crippen LogP) is 2.70. The van der Waals surface area contributed by atoms with Gasteiger partial charge in [0.25, 0.3) is 5.56 Å². The van der Waals surface area contributed by atoms with Crippen LogP contribution in [0.3, 0.4) is 0 Å². The Labute approximate surface area is 136 Å². The summed E-state index contributed by atoms with van der Waals surface area (Å²) in [5.74, 6) is -0.0192. The maximum atomic E-state index is 12.8. The molecule has 116 valence electrons. The van der Waals surface area contributed by atoms with Gasteiger partial charge in [0.2, 0.25) is 0 Å². The summed E-state index contributed by atoms with van der Waals surface area (Å²) in [4.78, 5) is 28.1. The Kier molecular flexibility index (Phi) is 4.43. The van der Waals surface area contributed by atoms with Crippen molar-refractivity contribution < 1.29 is 9.90 Å². The lowest BCUT2D eigenvalue weighted by atomic mass is 10.2. The molecule has 0 saturated carbocycles. The van der Waals surface area contributed by atoms with Crippen LogP contribution in [0.2, 0.25) is 0 Å². The van der Waals surface area contributed by atoms with E-state index in [0.29, 0.717) is 22.5 Å². The van der Waals surface area contributed by atoms with Crippen LogP contribution in [0.25, 0.3) is 16.6 Å². The van der Waals surface area contributed by atoms with Crippen molar-refractivity contribution in [3.05, 3.63) is 70.8 Å². The molecule has 5 nitrogen and oxygen atoms in total. The largest absolute Gasteiger partial charge is 0.481 e. The molecule has 23 heavy (non-hydrogen) atoms. The summed E-state index contributed by atoms with van der Waals surface area (Å²) in [5, 5.41) is 9.34. The first kappa shape index (κ1) is 15.3. The smallest absolute Gasteiger partial charge is 0.313 e. The number of carboxylic acid groups (broad SMARTS) is 1. The summed E-state index contributed by atoms with van der Waals surface area (Å²) in [7, 11) is 0. The van der Waals surface area contributed by atoms with Gasteiger partial charge < -0.3 is 5.11 Å². The van der Waals surface area contributed by atoms with E-state index in [0.717, 1.165) is 5.69 Å². The van der Waals surface area contributed by atoms with Gasteiger partial charge in [-0.05, 0) is 24.3 Å². The molecule has 0 bridgehead atoms. The van der Waals surface area contributed by atoms with Crippen molar-refractivity contribution in [2.45, 2.75) is 5.75 Å². The number of aromatic nitrogens is 2. The Morgan fingerprint density at radius 3 is 2.52 bits per heavy atom. The van der Waals surface area contributed by atoms with Gasteiger partial charge in [0.05, 0.1) is 28.1 Å². The number of para-hydroxylation sites is 2. The van der Waals surface area contributed by atoms with Crippen LogP contribution in [0.5, 0.6) is 0 Å². The van der Waals surface area contributed by atoms with Crippen LogP contribution in [0.4, 0.5) is 0 Å². The maximum absolute atomic E-state index is 12.8. The van der Waals surface area contributed by atoms with Gasteiger partial charge in [-0.3, -0.25) is 14.2 Å². The Bertz CT molecular complexity index is 907. The van der Waals surface area contributed by atoms with E-state index in [1.165, 1.54) is 11.8 Å². The van der Waals surface area contributed by atoms with Crippen LogP contribution in [0.15, 0.2) is 59.4 Å². The van der Waals surface area contributed by atoms with Crippen LogP contribution in [0, 0.1) is 0 Å². The van der Waals surface area contributed by atoms with Crippen molar-refractivity contribution in [2.24, 2.45) is 0 Å². The van der Waals surface area contributed by atoms with Crippen molar-refractivity contribution >= 4 is 28.6 Å². The van der Waals surface area contributed by atoms with Gasteiger partial charge in [-0.1, -0.05) is 30.3 Å². The summed E-state index contributed by atoms with van der Waals surface area (Å²) >= 11 is 1.22. The molecule has 0 aliphatic carbocycles. The van der Waals surface area contributed by atoms with Gasteiger partial charge in [0, 0.05) is 0 Å². The summed E-state index contributed by atoms with van der Waals surface area (Å²) < 4.78 is 1.55. The lowest BCUT2D eigenvalue weighted by Gasteiger charge is -2.13. The van der Waals surface area contributed by atoms with E-state index in [2.05, 4.69) is 4.98 Å². The molecule has 3 rings (SSSR count). The number of nitrogens with zero attached hydrogens (tertiary/aromatic N) is 2. The standard InChI is InChI=1S/C17H14N2O3S/c20-16(21)11-23-10-15-18-14-9-5-4-8-13(14)17(22)19(15)12-6-2-1-3-7-12/h1-9H,10-11H2,(H,20,21). The van der Waals surface area contributed by atoms with Crippen LogP contribution in [-0.2, 0) is 10.5 Å². The molecule has 2 aromatic carbocycles. The summed E-state index contributed by atoms with van der Waals surface area (Å²) in [6.07, 6.45) is 0. The van der Waals surface area contributed by atoms with Crippen molar-refractivity contribution in [3.8, 4) is 5.69 Å². The SMILES string of the molecule is O=C(O)CSCc1nc2ccccc2c(=O)n1-c1ccccc1. The van der Waals surface area contributed by atoms with E-state index in [4.69, 9.17) is 5.11 Å². The van der Waals surface area contributed by atoms with Gasteiger partial charge in [-0.15, -0.1) is 11.8 Å². The summed E-state index contributed by atoms with van der Waals surface area (Å²) in [5.41, 5.74) is 1.20. The number of hydrogen-bond donors (Lipinski definition) is 1. The van der Waals surface area contributed by atoms with E-state index >= 15 is 0 Å². The van der Waals surface area contributed by atoms with Gasteiger partial charge in [-0.25, -0.2) is 4.98 Å². The van der Waals surface area contributed by atoms with Gasteiger partial charge >= 0.3 is 5.97 Å². The predicted molar refractivity (Wildman–Crippen MR) is 91.1 cm³/mol. The van der Waals surface area contributed by atoms with Crippen molar-refractivity contribution in [1.29, 1.82) is 0 Å². The molecule has 0 atom stereocenters. The van der Waals surface area contributed by atoms with Crippen LogP contribution < -0.4 is 5.56 Å². The van der Waals surface area contributed by atoms with E-state index in [9.17, 15) is 9.59 Å². The molecular weight excluding hydrogens is 312 g/mol. The zero-order chi connectivity index (χ0) is 16.2. The number of benzene rings is 2. The molecule has 0 aliphatic rings. The molecule has 3 aromatic rings. The summed E-state index contributed by atoms with van der Waals surface area (Å²) in [6, 6.07) is 16.4. The Morgan fingerprint density at radius 2 is 1.78 bits per heavy atom. The van der Waals surface area contributed by atoms with Crippen molar-refractivity contribution in [2.75, 3.05) is 5.75 Å². The quantitative estimate of drug-likeness (QED) is 0.780. The third kappa shape index (κ3) is 3.27. The monoisotopic (exact) mass is 326 g/mol. The average Bonchev–Trinajstić information content (AvgIpc) is 2.55. The molecular formula is C17H14N2O3S. The van der Waals surface area contributed by atoms with E-state index < -0.39 is 5.97 Å². The van der Waals surface area contributed by atoms with Gasteiger partial charge in [-0.2, -0.15) is 0 Å². The minimum Gasteiger partial charge on any atom is -0.481 e. The number of thioether (sulfide) groups is 1. The normalized spacial score (nSPS) is 10.8. The fourth-order valence-corrected chi connectivity index (χ4v) is 3.00. The van der Waals surface area contributed by atoms with Crippen molar-refractivity contribution in [3.63, 3.8) is 0 Å². The molecule has 0 saturated heterocycles. The molecule has 0 unspecified atom stereocenters. The zero-order valence-corrected chi connectivity index (χ0v) is 13.0. The molecule has 0 amide bonds. The highest BCUT2D eigenvalue weighted by molar-refractivity contribution is 7.99. The topological polar surface area (TPSA) is 72.2 Å². The van der Waals surface area contributed by atoms with E-state index in [1.54, 1.807) is 22.8 Å². The number of carbonyl (C=O) groups is 1. The first-order valence-electron chi connectivity index (χ1n) is 7.02. The third-order valence-corrected chi connectivity index (χ3v) is 4.23. The molecule has 0 aliphatic heterocycles. The molecule has 0 spiro atoms. The number of fused-ring (bicyclic) bond motifs is 1. The average molecular weight is 326 g/mol. The number of rotatable bonds is 5. The minimum absolute atomic E-state index is 0.0303. The zero-order valence-electron chi connectivity index (χ0n) is 12.2. The highest BCUT2D eigenvalue weighted by Gasteiger charge is 2.12. The number of hydrogen-bond acceptors (Lipinski definition) is 4. The van der Waals surface area contributed by atoms with Crippen LogP contribution in [0.1, 0.15) is 5.82 Å².